The average molecular weight is 228 g/mol. The molecule has 1 aromatic heterocycles. The van der Waals surface area contributed by atoms with Crippen LogP contribution in [0.3, 0.4) is 0 Å². The highest BCUT2D eigenvalue weighted by Gasteiger charge is 2.21. The first-order chi connectivity index (χ1) is 8.16. The summed E-state index contributed by atoms with van der Waals surface area (Å²) in [5.41, 5.74) is 13.4. The average Bonchev–Trinajstić information content (AvgIpc) is 2.84. The summed E-state index contributed by atoms with van der Waals surface area (Å²) in [7, 11) is 0. The van der Waals surface area contributed by atoms with Gasteiger partial charge in [-0.1, -0.05) is 18.2 Å². The number of hydrogen-bond acceptors (Lipinski definition) is 1. The van der Waals surface area contributed by atoms with Crippen molar-refractivity contribution in [3.05, 3.63) is 35.5 Å². The zero-order valence-corrected chi connectivity index (χ0v) is 9.18. The van der Waals surface area contributed by atoms with Gasteiger partial charge >= 0.3 is 0 Å². The summed E-state index contributed by atoms with van der Waals surface area (Å²) in [6, 6.07) is 7.92. The Kier molecular flexibility index (Phi) is 1.95. The Morgan fingerprint density at radius 2 is 2.18 bits per heavy atom. The second-order valence-corrected chi connectivity index (χ2v) is 4.13. The summed E-state index contributed by atoms with van der Waals surface area (Å²) in [4.78, 5) is 15.4. The smallest absolute Gasteiger partial charge is 0.296 e. The Labute approximate surface area is 97.7 Å². The number of carbonyl (C=O) groups excluding carboxylic acids is 1. The molecule has 0 atom stereocenters. The summed E-state index contributed by atoms with van der Waals surface area (Å²) in [5.74, 6) is -0.583. The van der Waals surface area contributed by atoms with Crippen LogP contribution in [0.2, 0.25) is 0 Å². The van der Waals surface area contributed by atoms with Gasteiger partial charge in [-0.05, 0) is 18.1 Å². The zero-order chi connectivity index (χ0) is 12.0. The van der Waals surface area contributed by atoms with Crippen molar-refractivity contribution in [3.63, 3.8) is 0 Å². The lowest BCUT2D eigenvalue weighted by molar-refractivity contribution is 0.0994. The molecular formula is C12H12N4O. The summed E-state index contributed by atoms with van der Waals surface area (Å²) in [6.07, 6.45) is 0.954. The third-order valence-corrected chi connectivity index (χ3v) is 3.06. The number of aryl methyl sites for hydroxylation is 2. The van der Waals surface area contributed by atoms with E-state index in [9.17, 15) is 4.79 Å². The fourth-order valence-corrected chi connectivity index (χ4v) is 2.42. The van der Waals surface area contributed by atoms with Crippen molar-refractivity contribution >= 4 is 22.8 Å². The SMILES string of the molecule is NC(N)=NC(=O)c1cc2cccc3c2n1CC3. The zero-order valence-electron chi connectivity index (χ0n) is 9.18. The molecule has 0 bridgehead atoms. The quantitative estimate of drug-likeness (QED) is 0.554. The number of nitrogens with two attached hydrogens (primary N) is 2. The number of hydrogen-bond donors (Lipinski definition) is 2. The Bertz CT molecular complexity index is 650. The van der Waals surface area contributed by atoms with Crippen LogP contribution in [0.15, 0.2) is 29.3 Å². The minimum atomic E-state index is -0.381. The Balaban J connectivity index is 2.22. The number of benzene rings is 1. The number of guanidine groups is 1. The molecule has 0 aliphatic carbocycles. The number of amides is 1. The number of aliphatic imine (C=N–C) groups is 1. The molecule has 4 N–H and O–H groups in total. The van der Waals surface area contributed by atoms with Gasteiger partial charge in [0.25, 0.3) is 5.91 Å². The molecule has 2 heterocycles. The van der Waals surface area contributed by atoms with E-state index in [4.69, 9.17) is 11.5 Å². The van der Waals surface area contributed by atoms with Crippen LogP contribution in [0.5, 0.6) is 0 Å². The van der Waals surface area contributed by atoms with Crippen LogP contribution < -0.4 is 11.5 Å². The number of carbonyl (C=O) groups is 1. The summed E-state index contributed by atoms with van der Waals surface area (Å²) in [5, 5.41) is 1.06. The maximum Gasteiger partial charge on any atom is 0.296 e. The fourth-order valence-electron chi connectivity index (χ4n) is 2.42. The molecule has 0 spiro atoms. The number of rotatable bonds is 1. The van der Waals surface area contributed by atoms with Gasteiger partial charge in [-0.2, -0.15) is 4.99 Å². The van der Waals surface area contributed by atoms with Crippen molar-refractivity contribution in [2.45, 2.75) is 13.0 Å². The van der Waals surface area contributed by atoms with Crippen molar-refractivity contribution in [3.8, 4) is 0 Å². The van der Waals surface area contributed by atoms with Gasteiger partial charge in [0.1, 0.15) is 5.69 Å². The third kappa shape index (κ3) is 1.39. The minimum Gasteiger partial charge on any atom is -0.370 e. The largest absolute Gasteiger partial charge is 0.370 e. The lowest BCUT2D eigenvalue weighted by atomic mass is 10.1. The van der Waals surface area contributed by atoms with Crippen LogP contribution in [-0.2, 0) is 13.0 Å². The molecule has 5 heteroatoms. The topological polar surface area (TPSA) is 86.4 Å². The van der Waals surface area contributed by atoms with Gasteiger partial charge in [0, 0.05) is 11.9 Å². The highest BCUT2D eigenvalue weighted by Crippen LogP contribution is 2.29. The second-order valence-electron chi connectivity index (χ2n) is 4.13. The second kappa shape index (κ2) is 3.35. The molecule has 86 valence electrons. The maximum atomic E-state index is 11.9. The monoisotopic (exact) mass is 228 g/mol. The number of para-hydroxylation sites is 1. The van der Waals surface area contributed by atoms with Gasteiger partial charge < -0.3 is 16.0 Å². The lowest BCUT2D eigenvalue weighted by Gasteiger charge is -2.00. The van der Waals surface area contributed by atoms with Crippen LogP contribution in [0, 0.1) is 0 Å². The van der Waals surface area contributed by atoms with E-state index in [-0.39, 0.29) is 11.9 Å². The van der Waals surface area contributed by atoms with E-state index in [0.29, 0.717) is 5.69 Å². The van der Waals surface area contributed by atoms with Gasteiger partial charge in [-0.25, -0.2) is 0 Å². The molecule has 2 aromatic rings. The van der Waals surface area contributed by atoms with Gasteiger partial charge in [0.05, 0.1) is 5.52 Å². The first-order valence-electron chi connectivity index (χ1n) is 5.42. The Morgan fingerprint density at radius 1 is 1.35 bits per heavy atom. The predicted octanol–water partition coefficient (Wildman–Crippen LogP) is 0.611. The molecular weight excluding hydrogens is 216 g/mol. The molecule has 1 amide bonds. The maximum absolute atomic E-state index is 11.9. The standard InChI is InChI=1S/C12H12N4O/c13-12(14)15-11(17)9-6-8-3-1-2-7-4-5-16(9)10(7)8/h1-3,6H,4-5H2,(H4,13,14,15,17). The molecule has 17 heavy (non-hydrogen) atoms. The van der Waals surface area contributed by atoms with E-state index < -0.39 is 0 Å². The van der Waals surface area contributed by atoms with Gasteiger partial charge in [-0.15, -0.1) is 0 Å². The number of aromatic nitrogens is 1. The molecule has 1 aromatic carbocycles. The van der Waals surface area contributed by atoms with Gasteiger partial charge in [0.15, 0.2) is 5.96 Å². The first-order valence-corrected chi connectivity index (χ1v) is 5.42. The molecule has 0 radical (unpaired) electrons. The lowest BCUT2D eigenvalue weighted by Crippen LogP contribution is -2.24. The van der Waals surface area contributed by atoms with Crippen LogP contribution in [0.25, 0.3) is 10.9 Å². The van der Waals surface area contributed by atoms with Crippen molar-refractivity contribution in [1.82, 2.24) is 4.57 Å². The summed E-state index contributed by atoms with van der Waals surface area (Å²) < 4.78 is 1.99. The molecule has 0 fully saturated rings. The molecule has 0 saturated carbocycles. The molecule has 0 unspecified atom stereocenters. The third-order valence-electron chi connectivity index (χ3n) is 3.06. The van der Waals surface area contributed by atoms with E-state index in [0.717, 1.165) is 23.9 Å². The van der Waals surface area contributed by atoms with E-state index in [2.05, 4.69) is 11.1 Å². The molecule has 1 aliphatic heterocycles. The van der Waals surface area contributed by atoms with E-state index in [1.807, 2.05) is 22.8 Å². The summed E-state index contributed by atoms with van der Waals surface area (Å²) in [6.45, 7) is 0.809. The normalized spacial score (nSPS) is 12.9. The van der Waals surface area contributed by atoms with E-state index >= 15 is 0 Å². The van der Waals surface area contributed by atoms with Crippen molar-refractivity contribution in [2.24, 2.45) is 16.5 Å². The molecule has 0 saturated heterocycles. The van der Waals surface area contributed by atoms with Crippen molar-refractivity contribution in [1.29, 1.82) is 0 Å². The van der Waals surface area contributed by atoms with Crippen LogP contribution in [0.1, 0.15) is 16.1 Å². The molecule has 1 aliphatic rings. The molecule has 5 nitrogen and oxygen atoms in total. The van der Waals surface area contributed by atoms with Crippen LogP contribution in [0.4, 0.5) is 0 Å². The minimum absolute atomic E-state index is 0.203. The Morgan fingerprint density at radius 3 is 2.94 bits per heavy atom. The Hall–Kier alpha value is -2.30. The first kappa shape index (κ1) is 9.89. The van der Waals surface area contributed by atoms with Crippen LogP contribution in [-0.4, -0.2) is 16.4 Å². The number of nitrogens with zero attached hydrogens (tertiary/aromatic N) is 2. The highest BCUT2D eigenvalue weighted by molar-refractivity contribution is 6.04. The van der Waals surface area contributed by atoms with Crippen molar-refractivity contribution in [2.75, 3.05) is 0 Å². The van der Waals surface area contributed by atoms with Crippen LogP contribution >= 0.6 is 0 Å². The molecule has 3 rings (SSSR count). The summed E-state index contributed by atoms with van der Waals surface area (Å²) >= 11 is 0. The fraction of sp³-hybridized carbons (Fsp3) is 0.167. The highest BCUT2D eigenvalue weighted by atomic mass is 16.1. The van der Waals surface area contributed by atoms with Crippen molar-refractivity contribution < 1.29 is 4.79 Å². The predicted molar refractivity (Wildman–Crippen MR) is 65.8 cm³/mol. The van der Waals surface area contributed by atoms with E-state index in [1.165, 1.54) is 5.56 Å². The van der Waals surface area contributed by atoms with Gasteiger partial charge in [0.2, 0.25) is 0 Å². The van der Waals surface area contributed by atoms with Gasteiger partial charge in [-0.3, -0.25) is 4.79 Å². The van der Waals surface area contributed by atoms with E-state index in [1.54, 1.807) is 0 Å².